The number of nitrogens with zero attached hydrogens (tertiary/aromatic N) is 1. The second kappa shape index (κ2) is 4.46. The summed E-state index contributed by atoms with van der Waals surface area (Å²) in [5.74, 6) is 0.661. The van der Waals surface area contributed by atoms with E-state index in [9.17, 15) is 4.79 Å². The van der Waals surface area contributed by atoms with Crippen molar-refractivity contribution in [2.24, 2.45) is 0 Å². The molecule has 0 atom stereocenters. The van der Waals surface area contributed by atoms with Gasteiger partial charge in [0.15, 0.2) is 0 Å². The lowest BCUT2D eigenvalue weighted by molar-refractivity contribution is -0.0850. The maximum absolute atomic E-state index is 12.0. The van der Waals surface area contributed by atoms with Crippen LogP contribution in [0.2, 0.25) is 0 Å². The van der Waals surface area contributed by atoms with E-state index in [1.54, 1.807) is 7.11 Å². The third-order valence-corrected chi connectivity index (χ3v) is 4.29. The van der Waals surface area contributed by atoms with Crippen LogP contribution in [0.5, 0.6) is 0 Å². The summed E-state index contributed by atoms with van der Waals surface area (Å²) in [6.07, 6.45) is 2.94. The fourth-order valence-corrected chi connectivity index (χ4v) is 2.99. The van der Waals surface area contributed by atoms with Crippen molar-refractivity contribution in [1.29, 1.82) is 0 Å². The summed E-state index contributed by atoms with van der Waals surface area (Å²) in [6.45, 7) is 6.14. The van der Waals surface area contributed by atoms with Crippen molar-refractivity contribution in [3.63, 3.8) is 0 Å². The van der Waals surface area contributed by atoms with Gasteiger partial charge in [0, 0.05) is 12.5 Å². The quantitative estimate of drug-likeness (QED) is 0.913. The van der Waals surface area contributed by atoms with Crippen LogP contribution in [0.25, 0.3) is 0 Å². The summed E-state index contributed by atoms with van der Waals surface area (Å²) in [4.78, 5) is 19.5. The fraction of sp³-hybridized carbons (Fsp3) is 0.692. The first-order chi connectivity index (χ1) is 8.30. The van der Waals surface area contributed by atoms with Crippen LogP contribution in [-0.4, -0.2) is 17.1 Å². The zero-order valence-corrected chi connectivity index (χ0v) is 12.8. The molecule has 0 radical (unpaired) electrons. The molecule has 5 heteroatoms. The number of H-pyrrole nitrogens is 1. The average Bonchev–Trinajstić information content (AvgIpc) is 2.20. The van der Waals surface area contributed by atoms with Gasteiger partial charge in [-0.2, -0.15) is 0 Å². The minimum absolute atomic E-state index is 0.131. The molecule has 0 aromatic carbocycles. The van der Waals surface area contributed by atoms with Gasteiger partial charge >= 0.3 is 0 Å². The molecule has 1 aliphatic carbocycles. The first-order valence-corrected chi connectivity index (χ1v) is 6.95. The topological polar surface area (TPSA) is 55.0 Å². The highest BCUT2D eigenvalue weighted by Gasteiger charge is 2.42. The van der Waals surface area contributed by atoms with Gasteiger partial charge in [0.1, 0.15) is 15.9 Å². The second-order valence-corrected chi connectivity index (χ2v) is 6.67. The van der Waals surface area contributed by atoms with Crippen LogP contribution in [0.1, 0.15) is 51.6 Å². The highest BCUT2D eigenvalue weighted by molar-refractivity contribution is 9.10. The van der Waals surface area contributed by atoms with Gasteiger partial charge in [0.2, 0.25) is 0 Å². The molecule has 0 spiro atoms. The van der Waals surface area contributed by atoms with Gasteiger partial charge in [-0.1, -0.05) is 20.8 Å². The van der Waals surface area contributed by atoms with E-state index in [0.29, 0.717) is 10.3 Å². The predicted octanol–water partition coefficient (Wildman–Crippen LogP) is 2.86. The van der Waals surface area contributed by atoms with Crippen LogP contribution >= 0.6 is 15.9 Å². The molecule has 1 saturated carbocycles. The molecule has 4 nitrogen and oxygen atoms in total. The normalized spacial score (nSPS) is 18.5. The number of methoxy groups -OCH3 is 1. The lowest BCUT2D eigenvalue weighted by atomic mass is 9.79. The fourth-order valence-electron chi connectivity index (χ4n) is 2.21. The molecule has 0 aliphatic heterocycles. The Labute approximate surface area is 115 Å². The molecule has 1 fully saturated rings. The minimum Gasteiger partial charge on any atom is -0.370 e. The van der Waals surface area contributed by atoms with E-state index in [1.807, 2.05) is 20.8 Å². The molecule has 1 N–H and O–H groups in total. The molecule has 0 saturated heterocycles. The number of hydrogen-bond acceptors (Lipinski definition) is 3. The Morgan fingerprint density at radius 1 is 1.39 bits per heavy atom. The van der Waals surface area contributed by atoms with Crippen molar-refractivity contribution in [1.82, 2.24) is 9.97 Å². The van der Waals surface area contributed by atoms with Gasteiger partial charge in [0.25, 0.3) is 5.56 Å². The molecule has 0 unspecified atom stereocenters. The van der Waals surface area contributed by atoms with Gasteiger partial charge < -0.3 is 9.72 Å². The number of ether oxygens (including phenoxy) is 1. The summed E-state index contributed by atoms with van der Waals surface area (Å²) in [5, 5.41) is 0. The van der Waals surface area contributed by atoms with Crippen LogP contribution in [0, 0.1) is 0 Å². The third kappa shape index (κ3) is 2.14. The number of rotatable bonds is 2. The molecule has 1 aromatic rings. The van der Waals surface area contributed by atoms with Gasteiger partial charge in [0.05, 0.1) is 5.69 Å². The van der Waals surface area contributed by atoms with E-state index >= 15 is 0 Å². The first kappa shape index (κ1) is 13.7. The van der Waals surface area contributed by atoms with Gasteiger partial charge in [-0.3, -0.25) is 4.79 Å². The lowest BCUT2D eigenvalue weighted by Gasteiger charge is -2.39. The molecule has 100 valence electrons. The first-order valence-electron chi connectivity index (χ1n) is 6.16. The molecular formula is C13H19BrN2O2. The van der Waals surface area contributed by atoms with Crippen molar-refractivity contribution >= 4 is 15.9 Å². The Kier molecular flexibility index (Phi) is 3.40. The Morgan fingerprint density at radius 3 is 2.39 bits per heavy atom. The molecule has 0 amide bonds. The van der Waals surface area contributed by atoms with E-state index in [0.717, 1.165) is 25.0 Å². The highest BCUT2D eigenvalue weighted by atomic mass is 79.9. The smallest absolute Gasteiger partial charge is 0.265 e. The SMILES string of the molecule is COC1(c2nc(C(C)(C)C)c(Br)c(=O)[nH]2)CCC1. The Hall–Kier alpha value is -0.680. The Balaban J connectivity index is 2.58. The zero-order chi connectivity index (χ0) is 13.6. The molecule has 18 heavy (non-hydrogen) atoms. The summed E-state index contributed by atoms with van der Waals surface area (Å²) in [7, 11) is 1.68. The number of halogens is 1. The maximum atomic E-state index is 12.0. The van der Waals surface area contributed by atoms with Crippen LogP contribution in [-0.2, 0) is 15.8 Å². The van der Waals surface area contributed by atoms with Crippen LogP contribution < -0.4 is 5.56 Å². The van der Waals surface area contributed by atoms with E-state index in [1.165, 1.54) is 0 Å². The highest BCUT2D eigenvalue weighted by Crippen LogP contribution is 2.43. The summed E-state index contributed by atoms with van der Waals surface area (Å²) >= 11 is 3.33. The monoisotopic (exact) mass is 314 g/mol. The third-order valence-electron chi connectivity index (χ3n) is 3.56. The van der Waals surface area contributed by atoms with E-state index < -0.39 is 0 Å². The summed E-state index contributed by atoms with van der Waals surface area (Å²) in [6, 6.07) is 0. The number of aromatic nitrogens is 2. The standard InChI is InChI=1S/C13H19BrN2O2/c1-12(2,3)9-8(14)10(17)16-11(15-9)13(18-4)6-5-7-13/h5-7H2,1-4H3,(H,15,16,17). The molecule has 2 rings (SSSR count). The lowest BCUT2D eigenvalue weighted by Crippen LogP contribution is -2.40. The minimum atomic E-state index is -0.389. The Bertz CT molecular complexity index is 507. The van der Waals surface area contributed by atoms with Crippen LogP contribution in [0.15, 0.2) is 9.27 Å². The number of hydrogen-bond donors (Lipinski definition) is 1. The maximum Gasteiger partial charge on any atom is 0.265 e. The summed E-state index contributed by atoms with van der Waals surface area (Å²) in [5.41, 5.74) is 0.0817. The van der Waals surface area contributed by atoms with E-state index in [4.69, 9.17) is 4.74 Å². The number of nitrogens with one attached hydrogen (secondary N) is 1. The van der Waals surface area contributed by atoms with Crippen molar-refractivity contribution in [3.05, 3.63) is 26.3 Å². The molecule has 0 bridgehead atoms. The Morgan fingerprint density at radius 2 is 2.00 bits per heavy atom. The second-order valence-electron chi connectivity index (χ2n) is 5.88. The summed E-state index contributed by atoms with van der Waals surface area (Å²) < 4.78 is 6.09. The molecular weight excluding hydrogens is 296 g/mol. The van der Waals surface area contributed by atoms with Crippen molar-refractivity contribution in [3.8, 4) is 0 Å². The van der Waals surface area contributed by atoms with E-state index in [2.05, 4.69) is 25.9 Å². The average molecular weight is 315 g/mol. The molecule has 1 aliphatic rings. The van der Waals surface area contributed by atoms with Crippen molar-refractivity contribution in [2.45, 2.75) is 51.0 Å². The zero-order valence-electron chi connectivity index (χ0n) is 11.3. The largest absolute Gasteiger partial charge is 0.370 e. The number of aromatic amines is 1. The van der Waals surface area contributed by atoms with Crippen molar-refractivity contribution in [2.75, 3.05) is 7.11 Å². The van der Waals surface area contributed by atoms with Gasteiger partial charge in [-0.05, 0) is 35.2 Å². The predicted molar refractivity (Wildman–Crippen MR) is 73.8 cm³/mol. The van der Waals surface area contributed by atoms with Crippen molar-refractivity contribution < 1.29 is 4.74 Å². The van der Waals surface area contributed by atoms with Crippen LogP contribution in [0.4, 0.5) is 0 Å². The molecule has 1 heterocycles. The van der Waals surface area contributed by atoms with Gasteiger partial charge in [-0.15, -0.1) is 0 Å². The van der Waals surface area contributed by atoms with E-state index in [-0.39, 0.29) is 16.6 Å². The van der Waals surface area contributed by atoms with Crippen LogP contribution in [0.3, 0.4) is 0 Å². The van der Waals surface area contributed by atoms with Gasteiger partial charge in [-0.25, -0.2) is 4.98 Å². The molecule has 1 aromatic heterocycles.